The molecule has 0 amide bonds. The van der Waals surface area contributed by atoms with Gasteiger partial charge in [0, 0.05) is 39.3 Å². The smallest absolute Gasteiger partial charge is 0.216 e. The van der Waals surface area contributed by atoms with E-state index in [2.05, 4.69) is 9.80 Å². The molecule has 4 aliphatic heterocycles. The summed E-state index contributed by atoms with van der Waals surface area (Å²) in [5.74, 6) is -0.760. The van der Waals surface area contributed by atoms with Crippen LogP contribution in [0.5, 0.6) is 0 Å². The third kappa shape index (κ3) is 4.90. The van der Waals surface area contributed by atoms with Crippen LogP contribution < -0.4 is 0 Å². The first-order valence-electron chi connectivity index (χ1n) is 9.43. The minimum Gasteiger partial charge on any atom is -0.379 e. The Balaban J connectivity index is 1.30. The molecule has 8 heteroatoms. The maximum absolute atomic E-state index is 6.34. The number of nitrogens with zero attached hydrogens (tertiary/aromatic N) is 2. The molecule has 0 radical (unpaired) electrons. The minimum atomic E-state index is -0.760. The molecule has 0 N–H and O–H groups in total. The first-order valence-corrected chi connectivity index (χ1v) is 9.43. The highest BCUT2D eigenvalue weighted by Crippen LogP contribution is 2.28. The molecule has 25 heavy (non-hydrogen) atoms. The summed E-state index contributed by atoms with van der Waals surface area (Å²) in [6.07, 6.45) is 0.0233. The van der Waals surface area contributed by atoms with Gasteiger partial charge in [0.25, 0.3) is 0 Å². The van der Waals surface area contributed by atoms with Crippen molar-refractivity contribution in [2.45, 2.75) is 18.0 Å². The van der Waals surface area contributed by atoms with Crippen LogP contribution >= 0.6 is 0 Å². The fraction of sp³-hybridized carbons (Fsp3) is 1.00. The van der Waals surface area contributed by atoms with E-state index >= 15 is 0 Å². The largest absolute Gasteiger partial charge is 0.379 e. The Hall–Kier alpha value is -0.320. The van der Waals surface area contributed by atoms with Crippen LogP contribution in [-0.2, 0) is 28.4 Å². The van der Waals surface area contributed by atoms with Gasteiger partial charge in [-0.25, -0.2) is 0 Å². The van der Waals surface area contributed by atoms with Gasteiger partial charge in [0.15, 0.2) is 0 Å². The quantitative estimate of drug-likeness (QED) is 0.646. The summed E-state index contributed by atoms with van der Waals surface area (Å²) in [6.45, 7) is 10.7. The van der Waals surface area contributed by atoms with Crippen LogP contribution in [0.3, 0.4) is 0 Å². The highest BCUT2D eigenvalue weighted by atomic mass is 16.8. The maximum Gasteiger partial charge on any atom is 0.216 e. The molecule has 4 saturated heterocycles. The molecule has 4 rings (SSSR count). The van der Waals surface area contributed by atoms with Crippen molar-refractivity contribution in [2.24, 2.45) is 0 Å². The van der Waals surface area contributed by atoms with Crippen LogP contribution in [0.4, 0.5) is 0 Å². The van der Waals surface area contributed by atoms with Gasteiger partial charge in [0.05, 0.1) is 51.8 Å². The molecule has 0 aromatic carbocycles. The second-order valence-electron chi connectivity index (χ2n) is 7.25. The third-order valence-corrected chi connectivity index (χ3v) is 5.15. The molecular weight excluding hydrogens is 328 g/mol. The highest BCUT2D eigenvalue weighted by Gasteiger charge is 2.45. The van der Waals surface area contributed by atoms with Crippen molar-refractivity contribution in [3.8, 4) is 0 Å². The predicted octanol–water partition coefficient (Wildman–Crippen LogP) is -0.822. The van der Waals surface area contributed by atoms with E-state index in [1.807, 2.05) is 0 Å². The zero-order valence-corrected chi connectivity index (χ0v) is 14.9. The van der Waals surface area contributed by atoms with Crippen molar-refractivity contribution in [2.75, 3.05) is 92.1 Å². The molecule has 2 atom stereocenters. The molecule has 4 aliphatic rings. The summed E-state index contributed by atoms with van der Waals surface area (Å²) in [6, 6.07) is 0. The molecule has 4 fully saturated rings. The molecular formula is C17H30N2O6. The van der Waals surface area contributed by atoms with Crippen LogP contribution in [-0.4, -0.2) is 120 Å². The summed E-state index contributed by atoms with van der Waals surface area (Å²) in [4.78, 5) is 4.73. The molecule has 0 saturated carbocycles. The van der Waals surface area contributed by atoms with Gasteiger partial charge in [0.2, 0.25) is 5.79 Å². The van der Waals surface area contributed by atoms with Gasteiger partial charge in [0.1, 0.15) is 13.2 Å². The van der Waals surface area contributed by atoms with Crippen LogP contribution in [0.1, 0.15) is 0 Å². The Morgan fingerprint density at radius 1 is 0.640 bits per heavy atom. The number of morpholine rings is 2. The van der Waals surface area contributed by atoms with Crippen LogP contribution in [0.2, 0.25) is 0 Å². The first-order chi connectivity index (χ1) is 12.3. The predicted molar refractivity (Wildman–Crippen MR) is 88.6 cm³/mol. The van der Waals surface area contributed by atoms with E-state index in [0.29, 0.717) is 26.4 Å². The topological polar surface area (TPSA) is 61.9 Å². The molecule has 4 heterocycles. The average Bonchev–Trinajstić information content (AvgIpc) is 2.64. The number of rotatable bonds is 4. The van der Waals surface area contributed by atoms with E-state index < -0.39 is 5.79 Å². The van der Waals surface area contributed by atoms with Crippen LogP contribution in [0.15, 0.2) is 0 Å². The summed E-state index contributed by atoms with van der Waals surface area (Å²) >= 11 is 0. The molecule has 1 spiro atoms. The van der Waals surface area contributed by atoms with E-state index in [-0.39, 0.29) is 12.2 Å². The van der Waals surface area contributed by atoms with Crippen molar-refractivity contribution in [1.29, 1.82) is 0 Å². The van der Waals surface area contributed by atoms with Crippen molar-refractivity contribution in [3.05, 3.63) is 0 Å². The van der Waals surface area contributed by atoms with E-state index in [0.717, 1.165) is 65.7 Å². The fourth-order valence-electron chi connectivity index (χ4n) is 3.90. The van der Waals surface area contributed by atoms with Gasteiger partial charge in [-0.05, 0) is 0 Å². The number of hydrogen-bond donors (Lipinski definition) is 0. The van der Waals surface area contributed by atoms with Crippen molar-refractivity contribution in [1.82, 2.24) is 9.80 Å². The van der Waals surface area contributed by atoms with Gasteiger partial charge in [-0.3, -0.25) is 9.80 Å². The van der Waals surface area contributed by atoms with Gasteiger partial charge in [-0.15, -0.1) is 0 Å². The van der Waals surface area contributed by atoms with E-state index in [9.17, 15) is 0 Å². The highest BCUT2D eigenvalue weighted by molar-refractivity contribution is 4.84. The molecule has 0 aromatic heterocycles. The lowest BCUT2D eigenvalue weighted by Crippen LogP contribution is -2.61. The Morgan fingerprint density at radius 3 is 1.52 bits per heavy atom. The van der Waals surface area contributed by atoms with E-state index in [1.165, 1.54) is 0 Å². The van der Waals surface area contributed by atoms with Gasteiger partial charge in [-0.1, -0.05) is 0 Å². The lowest BCUT2D eigenvalue weighted by Gasteiger charge is -2.46. The Kier molecular flexibility index (Phi) is 6.20. The first kappa shape index (κ1) is 18.1. The number of hydrogen-bond acceptors (Lipinski definition) is 8. The molecule has 144 valence electrons. The molecule has 0 bridgehead atoms. The third-order valence-electron chi connectivity index (χ3n) is 5.15. The second-order valence-corrected chi connectivity index (χ2v) is 7.25. The zero-order valence-electron chi connectivity index (χ0n) is 14.9. The average molecular weight is 358 g/mol. The summed E-state index contributed by atoms with van der Waals surface area (Å²) < 4.78 is 35.2. The molecule has 8 nitrogen and oxygen atoms in total. The van der Waals surface area contributed by atoms with E-state index in [1.54, 1.807) is 0 Å². The van der Waals surface area contributed by atoms with E-state index in [4.69, 9.17) is 28.4 Å². The molecule has 0 unspecified atom stereocenters. The van der Waals surface area contributed by atoms with Crippen LogP contribution in [0.25, 0.3) is 0 Å². The second kappa shape index (κ2) is 8.58. The lowest BCUT2D eigenvalue weighted by molar-refractivity contribution is -0.372. The van der Waals surface area contributed by atoms with Gasteiger partial charge < -0.3 is 28.4 Å². The Bertz CT molecular complexity index is 376. The standard InChI is InChI=1S/C17H30N2O6/c1-5-20-6-2-18(1)9-15-11-22-13-17(24-15)14-23-12-16(25-17)10-19-3-7-21-8-4-19/h15-16H,1-14H2/t15-,16-,17?/m1/s1. The molecule has 0 aliphatic carbocycles. The summed E-state index contributed by atoms with van der Waals surface area (Å²) in [5, 5.41) is 0. The zero-order chi connectivity index (χ0) is 17.0. The monoisotopic (exact) mass is 358 g/mol. The van der Waals surface area contributed by atoms with Crippen LogP contribution in [0, 0.1) is 0 Å². The van der Waals surface area contributed by atoms with Gasteiger partial charge >= 0.3 is 0 Å². The normalized spacial score (nSPS) is 35.0. The van der Waals surface area contributed by atoms with Crippen molar-refractivity contribution < 1.29 is 28.4 Å². The Labute approximate surface area is 149 Å². The van der Waals surface area contributed by atoms with Crippen molar-refractivity contribution in [3.63, 3.8) is 0 Å². The SMILES string of the molecule is C1CN(C[C@@H]2COCC3(COC[C@@H](CN4CCOCC4)O3)O2)CCO1. The fourth-order valence-corrected chi connectivity index (χ4v) is 3.90. The van der Waals surface area contributed by atoms with Gasteiger partial charge in [-0.2, -0.15) is 0 Å². The Morgan fingerprint density at radius 2 is 1.08 bits per heavy atom. The molecule has 0 aromatic rings. The summed E-state index contributed by atoms with van der Waals surface area (Å²) in [5.41, 5.74) is 0. The maximum atomic E-state index is 6.34. The number of ether oxygens (including phenoxy) is 6. The minimum absolute atomic E-state index is 0.0117. The lowest BCUT2D eigenvalue weighted by atomic mass is 10.2. The summed E-state index contributed by atoms with van der Waals surface area (Å²) in [7, 11) is 0. The van der Waals surface area contributed by atoms with Crippen molar-refractivity contribution >= 4 is 0 Å².